The first-order valence-corrected chi connectivity index (χ1v) is 9.77. The van der Waals surface area contributed by atoms with Crippen molar-refractivity contribution < 1.29 is 19.8 Å². The summed E-state index contributed by atoms with van der Waals surface area (Å²) in [7, 11) is 0. The molecule has 2 N–H and O–H groups in total. The van der Waals surface area contributed by atoms with Gasteiger partial charge in [-0.1, -0.05) is 0 Å². The summed E-state index contributed by atoms with van der Waals surface area (Å²) in [4.78, 5) is 23.4. The number of hydrogen-bond donors (Lipinski definition) is 2. The van der Waals surface area contributed by atoms with Crippen LogP contribution in [0.3, 0.4) is 0 Å². The van der Waals surface area contributed by atoms with E-state index >= 15 is 0 Å². The summed E-state index contributed by atoms with van der Waals surface area (Å²) in [5.41, 5.74) is 2.78. The van der Waals surface area contributed by atoms with Crippen LogP contribution in [0.2, 0.25) is 10.0 Å². The van der Waals surface area contributed by atoms with Crippen LogP contribution >= 0.6 is 23.2 Å². The van der Waals surface area contributed by atoms with Gasteiger partial charge in [0.05, 0.1) is 0 Å². The predicted octanol–water partition coefficient (Wildman–Crippen LogP) is 3.28. The van der Waals surface area contributed by atoms with Crippen molar-refractivity contribution in [3.05, 3.63) is 55.6 Å². The van der Waals surface area contributed by atoms with Crippen LogP contribution in [0.15, 0.2) is 12.1 Å². The van der Waals surface area contributed by atoms with Crippen LogP contribution in [-0.4, -0.2) is 37.1 Å². The number of carboxylic acids is 2. The quantitative estimate of drug-likeness (QED) is 0.708. The van der Waals surface area contributed by atoms with Crippen molar-refractivity contribution in [1.29, 1.82) is 0 Å². The summed E-state index contributed by atoms with van der Waals surface area (Å²) in [5.74, 6) is -2.15. The molecule has 0 bridgehead atoms. The SMILES string of the molecule is Cc1cc([Se]c2cc(C)c(Cl)c(C)c2C(=O)O)c(C(=O)O)c(C)c1Cl. The Kier molecular flexibility index (Phi) is 5.85. The molecule has 0 unspecified atom stereocenters. The summed E-state index contributed by atoms with van der Waals surface area (Å²) in [6.07, 6.45) is 0. The monoisotopic (exact) mass is 446 g/mol. The average Bonchev–Trinajstić information content (AvgIpc) is 2.49. The van der Waals surface area contributed by atoms with Crippen molar-refractivity contribution >= 4 is 59.0 Å². The first-order chi connectivity index (χ1) is 11.6. The summed E-state index contributed by atoms with van der Waals surface area (Å²) in [6, 6.07) is 3.45. The van der Waals surface area contributed by atoms with Gasteiger partial charge in [0.25, 0.3) is 0 Å². The van der Waals surface area contributed by atoms with Gasteiger partial charge in [-0.3, -0.25) is 0 Å². The van der Waals surface area contributed by atoms with E-state index in [0.717, 1.165) is 11.1 Å². The van der Waals surface area contributed by atoms with Crippen molar-refractivity contribution in [3.8, 4) is 0 Å². The average molecular weight is 446 g/mol. The summed E-state index contributed by atoms with van der Waals surface area (Å²) in [5, 5.41) is 20.0. The molecule has 0 aliphatic rings. The third-order valence-electron chi connectivity index (χ3n) is 3.94. The number of carboxylic acid groups (broad SMARTS) is 2. The van der Waals surface area contributed by atoms with Gasteiger partial charge in [0.2, 0.25) is 0 Å². The molecular weight excluding hydrogens is 430 g/mol. The molecule has 4 nitrogen and oxygen atoms in total. The maximum atomic E-state index is 11.7. The topological polar surface area (TPSA) is 74.6 Å². The maximum absolute atomic E-state index is 11.7. The van der Waals surface area contributed by atoms with E-state index in [9.17, 15) is 19.8 Å². The second-order valence-electron chi connectivity index (χ2n) is 5.72. The van der Waals surface area contributed by atoms with Crippen molar-refractivity contribution in [2.75, 3.05) is 0 Å². The van der Waals surface area contributed by atoms with Crippen LogP contribution in [0.4, 0.5) is 0 Å². The molecule has 0 amide bonds. The van der Waals surface area contributed by atoms with Crippen LogP contribution in [0.25, 0.3) is 0 Å². The Morgan fingerprint density at radius 2 is 1.12 bits per heavy atom. The molecule has 0 aliphatic heterocycles. The van der Waals surface area contributed by atoms with E-state index < -0.39 is 26.9 Å². The fourth-order valence-corrected chi connectivity index (χ4v) is 5.88. The van der Waals surface area contributed by atoms with Gasteiger partial charge in [0.15, 0.2) is 0 Å². The molecule has 2 aromatic carbocycles. The van der Waals surface area contributed by atoms with E-state index in [-0.39, 0.29) is 11.1 Å². The second kappa shape index (κ2) is 7.38. The van der Waals surface area contributed by atoms with Crippen molar-refractivity contribution in [1.82, 2.24) is 0 Å². The zero-order valence-electron chi connectivity index (χ0n) is 14.0. The normalized spacial score (nSPS) is 10.8. The molecule has 0 radical (unpaired) electrons. The van der Waals surface area contributed by atoms with E-state index in [1.807, 2.05) is 0 Å². The number of aryl methyl sites for hydroxylation is 2. The Labute approximate surface area is 161 Å². The van der Waals surface area contributed by atoms with E-state index in [2.05, 4.69) is 0 Å². The van der Waals surface area contributed by atoms with Crippen molar-refractivity contribution in [2.24, 2.45) is 0 Å². The molecule has 132 valence electrons. The molecule has 0 heterocycles. The Balaban J connectivity index is 2.73. The molecule has 0 aromatic heterocycles. The van der Waals surface area contributed by atoms with Gasteiger partial charge in [-0.2, -0.15) is 0 Å². The van der Waals surface area contributed by atoms with E-state index in [1.165, 1.54) is 0 Å². The van der Waals surface area contributed by atoms with Gasteiger partial charge in [-0.15, -0.1) is 0 Å². The molecular formula is C18H16Cl2O4Se. The fraction of sp³-hybridized carbons (Fsp3) is 0.222. The number of carbonyl (C=O) groups is 2. The van der Waals surface area contributed by atoms with Gasteiger partial charge < -0.3 is 0 Å². The fourth-order valence-electron chi connectivity index (χ4n) is 2.66. The second-order valence-corrected chi connectivity index (χ2v) is 8.75. The van der Waals surface area contributed by atoms with Crippen LogP contribution in [0.1, 0.15) is 43.0 Å². The molecule has 2 rings (SSSR count). The number of benzene rings is 2. The first kappa shape index (κ1) is 19.8. The van der Waals surface area contributed by atoms with E-state index in [4.69, 9.17) is 23.2 Å². The standard InChI is InChI=1S/C18H16Cl2O4Se/c1-7-5-11(13(17(21)22)9(3)15(7)19)25-12-6-8(2)16(20)10(4)14(12)18(23)24/h5-6H,1-4H3,(H,21,22)(H,23,24). The zero-order chi connectivity index (χ0) is 19.0. The van der Waals surface area contributed by atoms with Gasteiger partial charge in [-0.25, -0.2) is 0 Å². The first-order valence-electron chi connectivity index (χ1n) is 7.30. The Morgan fingerprint density at radius 1 is 0.800 bits per heavy atom. The molecule has 0 atom stereocenters. The van der Waals surface area contributed by atoms with E-state index in [0.29, 0.717) is 30.1 Å². The van der Waals surface area contributed by atoms with Gasteiger partial charge >= 0.3 is 162 Å². The van der Waals surface area contributed by atoms with Crippen LogP contribution in [0, 0.1) is 27.7 Å². The van der Waals surface area contributed by atoms with Crippen molar-refractivity contribution in [3.63, 3.8) is 0 Å². The van der Waals surface area contributed by atoms with Gasteiger partial charge in [0, 0.05) is 0 Å². The van der Waals surface area contributed by atoms with Crippen molar-refractivity contribution in [2.45, 2.75) is 27.7 Å². The molecule has 0 aliphatic carbocycles. The van der Waals surface area contributed by atoms with Gasteiger partial charge in [-0.05, 0) is 0 Å². The van der Waals surface area contributed by atoms with Crippen LogP contribution in [0.5, 0.6) is 0 Å². The minimum atomic E-state index is -1.07. The Bertz CT molecular complexity index is 833. The number of rotatable bonds is 4. The summed E-state index contributed by atoms with van der Waals surface area (Å²) >= 11 is 11.8. The summed E-state index contributed by atoms with van der Waals surface area (Å²) < 4.78 is 1.17. The molecule has 0 saturated heterocycles. The number of halogens is 2. The molecule has 0 spiro atoms. The zero-order valence-corrected chi connectivity index (χ0v) is 17.3. The molecule has 7 heteroatoms. The molecule has 0 fully saturated rings. The third kappa shape index (κ3) is 3.70. The van der Waals surface area contributed by atoms with E-state index in [1.54, 1.807) is 39.8 Å². The summed E-state index contributed by atoms with van der Waals surface area (Å²) in [6.45, 7) is 6.93. The molecule has 0 saturated carbocycles. The van der Waals surface area contributed by atoms with Gasteiger partial charge in [0.1, 0.15) is 0 Å². The predicted molar refractivity (Wildman–Crippen MR) is 101 cm³/mol. The number of aromatic carboxylic acids is 2. The Hall–Kier alpha value is -1.52. The van der Waals surface area contributed by atoms with Crippen LogP contribution in [-0.2, 0) is 0 Å². The molecule has 2 aromatic rings. The third-order valence-corrected chi connectivity index (χ3v) is 7.37. The molecule has 25 heavy (non-hydrogen) atoms. The Morgan fingerprint density at radius 3 is 1.40 bits per heavy atom. The van der Waals surface area contributed by atoms with Crippen LogP contribution < -0.4 is 8.92 Å². The number of hydrogen-bond acceptors (Lipinski definition) is 2. The minimum absolute atomic E-state index is 0.136.